The van der Waals surface area contributed by atoms with Gasteiger partial charge in [-0.1, -0.05) is 18.2 Å². The van der Waals surface area contributed by atoms with Gasteiger partial charge in [0, 0.05) is 23.5 Å². The summed E-state index contributed by atoms with van der Waals surface area (Å²) in [5.74, 6) is 0.575. The quantitative estimate of drug-likeness (QED) is 0.461. The van der Waals surface area contributed by atoms with Crippen LogP contribution in [0.3, 0.4) is 0 Å². The number of imidazole rings is 1. The van der Waals surface area contributed by atoms with E-state index in [9.17, 15) is 18.3 Å². The standard InChI is InChI=1S/C19H13F3N4O2/c20-19(21,22)28-14-6-1-3-11(9-14)17-25-15-7-8-23-18(16(15)26-17)24-12-4-2-5-13(27)10-12/h1-10,27H,(H,23,24)(H,25,26). The number of nitrogens with zero attached hydrogens (tertiary/aromatic N) is 2. The molecular weight excluding hydrogens is 373 g/mol. The third kappa shape index (κ3) is 3.83. The van der Waals surface area contributed by atoms with E-state index in [0.29, 0.717) is 33.9 Å². The van der Waals surface area contributed by atoms with E-state index in [0.717, 1.165) is 0 Å². The van der Waals surface area contributed by atoms with Gasteiger partial charge in [-0.05, 0) is 30.3 Å². The second-order valence-electron chi connectivity index (χ2n) is 5.89. The SMILES string of the molecule is Oc1cccc(Nc2nccc3[nH]c(-c4cccc(OC(F)(F)F)c4)nc23)c1. The molecule has 0 spiro atoms. The topological polar surface area (TPSA) is 83.1 Å². The molecule has 9 heteroatoms. The zero-order valence-corrected chi connectivity index (χ0v) is 14.2. The van der Waals surface area contributed by atoms with Crippen LogP contribution in [0.1, 0.15) is 0 Å². The molecule has 3 N–H and O–H groups in total. The van der Waals surface area contributed by atoms with Crippen molar-refractivity contribution in [1.29, 1.82) is 0 Å². The molecule has 2 aromatic heterocycles. The van der Waals surface area contributed by atoms with E-state index >= 15 is 0 Å². The highest BCUT2D eigenvalue weighted by Gasteiger charge is 2.31. The molecular formula is C19H13F3N4O2. The van der Waals surface area contributed by atoms with Crippen molar-refractivity contribution in [2.45, 2.75) is 6.36 Å². The first-order valence-corrected chi connectivity index (χ1v) is 8.14. The van der Waals surface area contributed by atoms with Crippen LogP contribution < -0.4 is 10.1 Å². The summed E-state index contributed by atoms with van der Waals surface area (Å²) in [4.78, 5) is 11.8. The molecule has 28 heavy (non-hydrogen) atoms. The number of aromatic hydroxyl groups is 1. The molecule has 0 unspecified atom stereocenters. The van der Waals surface area contributed by atoms with Gasteiger partial charge in [-0.15, -0.1) is 13.2 Å². The molecule has 0 radical (unpaired) electrons. The Balaban J connectivity index is 1.70. The van der Waals surface area contributed by atoms with Crippen LogP contribution in [0, 0.1) is 0 Å². The Labute approximate surface area is 156 Å². The van der Waals surface area contributed by atoms with Crippen LogP contribution in [0.4, 0.5) is 24.7 Å². The first kappa shape index (κ1) is 17.7. The summed E-state index contributed by atoms with van der Waals surface area (Å²) >= 11 is 0. The predicted molar refractivity (Wildman–Crippen MR) is 97.4 cm³/mol. The molecule has 0 aliphatic carbocycles. The van der Waals surface area contributed by atoms with Crippen molar-refractivity contribution >= 4 is 22.5 Å². The maximum Gasteiger partial charge on any atom is 0.573 e. The van der Waals surface area contributed by atoms with Gasteiger partial charge in [-0.3, -0.25) is 0 Å². The number of hydrogen-bond acceptors (Lipinski definition) is 5. The molecule has 0 atom stereocenters. The highest BCUT2D eigenvalue weighted by molar-refractivity contribution is 5.90. The molecule has 0 aliphatic rings. The van der Waals surface area contributed by atoms with Gasteiger partial charge in [0.05, 0.1) is 5.52 Å². The fourth-order valence-corrected chi connectivity index (χ4v) is 2.72. The van der Waals surface area contributed by atoms with Crippen molar-refractivity contribution < 1.29 is 23.0 Å². The minimum Gasteiger partial charge on any atom is -0.508 e. The Morgan fingerprint density at radius 3 is 2.64 bits per heavy atom. The highest BCUT2D eigenvalue weighted by Crippen LogP contribution is 2.30. The van der Waals surface area contributed by atoms with Gasteiger partial charge >= 0.3 is 6.36 Å². The number of benzene rings is 2. The van der Waals surface area contributed by atoms with Gasteiger partial charge in [-0.25, -0.2) is 9.97 Å². The molecule has 2 aromatic carbocycles. The fourth-order valence-electron chi connectivity index (χ4n) is 2.72. The van der Waals surface area contributed by atoms with Crippen LogP contribution in [-0.4, -0.2) is 26.4 Å². The minimum atomic E-state index is -4.77. The molecule has 142 valence electrons. The molecule has 2 heterocycles. The molecule has 0 aliphatic heterocycles. The zero-order valence-electron chi connectivity index (χ0n) is 14.2. The summed E-state index contributed by atoms with van der Waals surface area (Å²) in [6, 6.07) is 13.8. The fraction of sp³-hybridized carbons (Fsp3) is 0.0526. The third-order valence-electron chi connectivity index (χ3n) is 3.85. The number of anilines is 2. The lowest BCUT2D eigenvalue weighted by Gasteiger charge is -2.09. The smallest absolute Gasteiger partial charge is 0.508 e. The molecule has 0 amide bonds. The Morgan fingerprint density at radius 2 is 1.86 bits per heavy atom. The number of H-pyrrole nitrogens is 1. The van der Waals surface area contributed by atoms with Crippen molar-refractivity contribution in [1.82, 2.24) is 15.0 Å². The Hall–Kier alpha value is -3.75. The lowest BCUT2D eigenvalue weighted by Crippen LogP contribution is -2.17. The molecule has 6 nitrogen and oxygen atoms in total. The van der Waals surface area contributed by atoms with Crippen LogP contribution in [0.5, 0.6) is 11.5 Å². The highest BCUT2D eigenvalue weighted by atomic mass is 19.4. The molecule has 0 saturated carbocycles. The van der Waals surface area contributed by atoms with Crippen LogP contribution in [0.15, 0.2) is 60.8 Å². The average Bonchev–Trinajstić information content (AvgIpc) is 3.06. The Bertz CT molecular complexity index is 1140. The Kier molecular flexibility index (Phi) is 4.26. The van der Waals surface area contributed by atoms with E-state index in [4.69, 9.17) is 0 Å². The maximum absolute atomic E-state index is 12.5. The summed E-state index contributed by atoms with van der Waals surface area (Å²) in [6.07, 6.45) is -3.20. The monoisotopic (exact) mass is 386 g/mol. The molecule has 4 rings (SSSR count). The number of phenols is 1. The largest absolute Gasteiger partial charge is 0.573 e. The van der Waals surface area contributed by atoms with E-state index in [1.807, 2.05) is 0 Å². The summed E-state index contributed by atoms with van der Waals surface area (Å²) in [6.45, 7) is 0. The normalized spacial score (nSPS) is 11.5. The van der Waals surface area contributed by atoms with Crippen molar-refractivity contribution in [3.8, 4) is 22.9 Å². The van der Waals surface area contributed by atoms with E-state index in [1.54, 1.807) is 36.5 Å². The van der Waals surface area contributed by atoms with Crippen LogP contribution in [-0.2, 0) is 0 Å². The number of aromatic nitrogens is 3. The minimum absolute atomic E-state index is 0.0985. The van der Waals surface area contributed by atoms with E-state index in [2.05, 4.69) is 25.0 Å². The van der Waals surface area contributed by atoms with E-state index in [1.165, 1.54) is 24.3 Å². The van der Waals surface area contributed by atoms with Gasteiger partial charge in [-0.2, -0.15) is 0 Å². The summed E-state index contributed by atoms with van der Waals surface area (Å²) in [5.41, 5.74) is 2.20. The number of fused-ring (bicyclic) bond motifs is 1. The second kappa shape index (κ2) is 6.76. The van der Waals surface area contributed by atoms with Gasteiger partial charge in [0.2, 0.25) is 0 Å². The van der Waals surface area contributed by atoms with Gasteiger partial charge in [0.25, 0.3) is 0 Å². The molecule has 0 saturated heterocycles. The summed E-state index contributed by atoms with van der Waals surface area (Å²) < 4.78 is 41.3. The van der Waals surface area contributed by atoms with Crippen molar-refractivity contribution in [2.75, 3.05) is 5.32 Å². The predicted octanol–water partition coefficient (Wildman–Crippen LogP) is 4.97. The maximum atomic E-state index is 12.5. The number of aromatic amines is 1. The van der Waals surface area contributed by atoms with E-state index in [-0.39, 0.29) is 11.5 Å². The van der Waals surface area contributed by atoms with Gasteiger partial charge in [0.15, 0.2) is 5.82 Å². The molecule has 0 bridgehead atoms. The number of rotatable bonds is 4. The van der Waals surface area contributed by atoms with Crippen molar-refractivity contribution in [3.63, 3.8) is 0 Å². The van der Waals surface area contributed by atoms with E-state index < -0.39 is 6.36 Å². The first-order valence-electron chi connectivity index (χ1n) is 8.14. The van der Waals surface area contributed by atoms with Crippen molar-refractivity contribution in [3.05, 3.63) is 60.8 Å². The zero-order chi connectivity index (χ0) is 19.7. The lowest BCUT2D eigenvalue weighted by atomic mass is 10.2. The second-order valence-corrected chi connectivity index (χ2v) is 5.89. The third-order valence-corrected chi connectivity index (χ3v) is 3.85. The van der Waals surface area contributed by atoms with Crippen LogP contribution >= 0.6 is 0 Å². The van der Waals surface area contributed by atoms with Crippen LogP contribution in [0.25, 0.3) is 22.4 Å². The van der Waals surface area contributed by atoms with Crippen LogP contribution in [0.2, 0.25) is 0 Å². The average molecular weight is 386 g/mol. The van der Waals surface area contributed by atoms with Gasteiger partial charge in [0.1, 0.15) is 22.8 Å². The molecule has 0 fully saturated rings. The number of alkyl halides is 3. The lowest BCUT2D eigenvalue weighted by molar-refractivity contribution is -0.274. The number of hydrogen-bond donors (Lipinski definition) is 3. The van der Waals surface area contributed by atoms with Crippen molar-refractivity contribution in [2.24, 2.45) is 0 Å². The number of pyridine rings is 1. The summed E-state index contributed by atoms with van der Waals surface area (Å²) in [5, 5.41) is 12.7. The number of phenolic OH excluding ortho intramolecular Hbond substituents is 1. The number of halogens is 3. The number of nitrogens with one attached hydrogen (secondary N) is 2. The Morgan fingerprint density at radius 1 is 1.04 bits per heavy atom. The first-order chi connectivity index (χ1) is 13.4. The summed E-state index contributed by atoms with van der Waals surface area (Å²) in [7, 11) is 0. The molecule has 4 aromatic rings. The number of ether oxygens (including phenoxy) is 1. The van der Waals surface area contributed by atoms with Gasteiger partial charge < -0.3 is 20.1 Å².